The number of thiophene rings is 1. The molecule has 1 saturated heterocycles. The van der Waals surface area contributed by atoms with Gasteiger partial charge in [0.15, 0.2) is 0 Å². The number of aryl methyl sites for hydroxylation is 1. The van der Waals surface area contributed by atoms with Crippen molar-refractivity contribution in [3.05, 3.63) is 40.7 Å². The molecule has 6 nitrogen and oxygen atoms in total. The molecule has 0 spiro atoms. The Morgan fingerprint density at radius 1 is 1.21 bits per heavy atom. The molecule has 146 valence electrons. The van der Waals surface area contributed by atoms with Crippen molar-refractivity contribution in [3.8, 4) is 0 Å². The molecule has 1 aliphatic carbocycles. The van der Waals surface area contributed by atoms with E-state index < -0.39 is 0 Å². The van der Waals surface area contributed by atoms with Crippen molar-refractivity contribution in [2.75, 3.05) is 36.5 Å². The first-order valence-corrected chi connectivity index (χ1v) is 10.9. The Balaban J connectivity index is 1.33. The molecule has 1 fully saturated rings. The average Bonchev–Trinajstić information content (AvgIpc) is 3.11. The lowest BCUT2D eigenvalue weighted by Crippen LogP contribution is -2.36. The van der Waals surface area contributed by atoms with Crippen LogP contribution in [-0.4, -0.2) is 41.3 Å². The molecule has 3 aromatic heterocycles. The first kappa shape index (κ1) is 17.8. The van der Waals surface area contributed by atoms with E-state index in [1.54, 1.807) is 6.33 Å². The Kier molecular flexibility index (Phi) is 4.86. The second-order valence-corrected chi connectivity index (χ2v) is 8.82. The van der Waals surface area contributed by atoms with Gasteiger partial charge in [0.05, 0.1) is 18.6 Å². The summed E-state index contributed by atoms with van der Waals surface area (Å²) >= 11 is 1.84. The fourth-order valence-electron chi connectivity index (χ4n) is 4.10. The Labute approximate surface area is 169 Å². The first-order chi connectivity index (χ1) is 13.8. The lowest BCUT2D eigenvalue weighted by molar-refractivity contribution is 0.122. The van der Waals surface area contributed by atoms with Crippen molar-refractivity contribution in [3.63, 3.8) is 0 Å². The summed E-state index contributed by atoms with van der Waals surface area (Å²) in [6.07, 6.45) is 7.19. The van der Waals surface area contributed by atoms with Crippen LogP contribution in [0.15, 0.2) is 24.7 Å². The van der Waals surface area contributed by atoms with Crippen LogP contribution in [0.5, 0.6) is 0 Å². The third-order valence-corrected chi connectivity index (χ3v) is 6.86. The third kappa shape index (κ3) is 3.44. The minimum Gasteiger partial charge on any atom is -0.378 e. The minimum atomic E-state index is 0.712. The summed E-state index contributed by atoms with van der Waals surface area (Å²) in [4.78, 5) is 18.6. The number of anilines is 2. The zero-order valence-corrected chi connectivity index (χ0v) is 17.0. The van der Waals surface area contributed by atoms with Gasteiger partial charge in [-0.3, -0.25) is 0 Å². The molecule has 0 radical (unpaired) electrons. The predicted octanol–water partition coefficient (Wildman–Crippen LogP) is 3.66. The SMILES string of the molecule is CC1CCc2c(sc3ncnc(NCc4ccc(N5CCOCC5)nc4)c23)C1. The van der Waals surface area contributed by atoms with Gasteiger partial charge >= 0.3 is 0 Å². The molecule has 28 heavy (non-hydrogen) atoms. The molecular weight excluding hydrogens is 370 g/mol. The highest BCUT2D eigenvalue weighted by molar-refractivity contribution is 7.19. The van der Waals surface area contributed by atoms with Crippen LogP contribution in [-0.2, 0) is 24.1 Å². The molecule has 1 N–H and O–H groups in total. The number of nitrogens with one attached hydrogen (secondary N) is 1. The van der Waals surface area contributed by atoms with Crippen molar-refractivity contribution < 1.29 is 4.74 Å². The van der Waals surface area contributed by atoms with Crippen LogP contribution in [0, 0.1) is 5.92 Å². The van der Waals surface area contributed by atoms with Crippen LogP contribution in [0.2, 0.25) is 0 Å². The smallest absolute Gasteiger partial charge is 0.138 e. The molecule has 1 unspecified atom stereocenters. The molecule has 7 heteroatoms. The Bertz CT molecular complexity index is 965. The van der Waals surface area contributed by atoms with E-state index in [-0.39, 0.29) is 0 Å². The normalized spacial score (nSPS) is 19.6. The van der Waals surface area contributed by atoms with Crippen molar-refractivity contribution >= 4 is 33.2 Å². The van der Waals surface area contributed by atoms with E-state index in [0.29, 0.717) is 6.54 Å². The molecule has 0 bridgehead atoms. The van der Waals surface area contributed by atoms with Gasteiger partial charge in [0.25, 0.3) is 0 Å². The summed E-state index contributed by atoms with van der Waals surface area (Å²) in [6.45, 7) is 6.42. The van der Waals surface area contributed by atoms with Crippen LogP contribution in [0.25, 0.3) is 10.2 Å². The third-order valence-electron chi connectivity index (χ3n) is 5.70. The van der Waals surface area contributed by atoms with Gasteiger partial charge in [0.1, 0.15) is 22.8 Å². The van der Waals surface area contributed by atoms with E-state index in [1.807, 2.05) is 17.5 Å². The van der Waals surface area contributed by atoms with Crippen molar-refractivity contribution in [1.29, 1.82) is 0 Å². The highest BCUT2D eigenvalue weighted by atomic mass is 32.1. The van der Waals surface area contributed by atoms with Gasteiger partial charge in [-0.25, -0.2) is 15.0 Å². The van der Waals surface area contributed by atoms with E-state index in [9.17, 15) is 0 Å². The second kappa shape index (κ2) is 7.64. The van der Waals surface area contributed by atoms with E-state index in [0.717, 1.165) is 60.7 Å². The Hall–Kier alpha value is -2.25. The van der Waals surface area contributed by atoms with Gasteiger partial charge in [0.2, 0.25) is 0 Å². The lowest BCUT2D eigenvalue weighted by atomic mass is 9.89. The van der Waals surface area contributed by atoms with Crippen LogP contribution in [0.3, 0.4) is 0 Å². The highest BCUT2D eigenvalue weighted by Crippen LogP contribution is 2.39. The molecule has 1 atom stereocenters. The number of nitrogens with zero attached hydrogens (tertiary/aromatic N) is 4. The van der Waals surface area contributed by atoms with Gasteiger partial charge < -0.3 is 15.0 Å². The molecule has 0 aromatic carbocycles. The standard InChI is InChI=1S/C21H25N5OS/c1-14-2-4-16-17(10-14)28-21-19(16)20(24-13-25-21)23-12-15-3-5-18(22-11-15)26-6-8-27-9-7-26/h3,5,11,13-14H,2,4,6-10,12H2,1H3,(H,23,24,25). The van der Waals surface area contributed by atoms with Crippen LogP contribution in [0.1, 0.15) is 29.3 Å². The zero-order valence-electron chi connectivity index (χ0n) is 16.1. The van der Waals surface area contributed by atoms with Gasteiger partial charge in [-0.05, 0) is 42.4 Å². The number of rotatable bonds is 4. The maximum Gasteiger partial charge on any atom is 0.138 e. The first-order valence-electron chi connectivity index (χ1n) is 10.0. The predicted molar refractivity (Wildman–Crippen MR) is 113 cm³/mol. The van der Waals surface area contributed by atoms with Gasteiger partial charge in [0, 0.05) is 30.7 Å². The number of ether oxygens (including phenoxy) is 1. The maximum absolute atomic E-state index is 5.42. The average molecular weight is 396 g/mol. The largest absolute Gasteiger partial charge is 0.378 e. The van der Waals surface area contributed by atoms with E-state index in [4.69, 9.17) is 4.74 Å². The fraction of sp³-hybridized carbons (Fsp3) is 0.476. The van der Waals surface area contributed by atoms with Crippen molar-refractivity contribution in [1.82, 2.24) is 15.0 Å². The molecule has 5 rings (SSSR count). The highest BCUT2D eigenvalue weighted by Gasteiger charge is 2.23. The zero-order chi connectivity index (χ0) is 18.9. The topological polar surface area (TPSA) is 63.2 Å². The molecule has 1 aliphatic heterocycles. The van der Waals surface area contributed by atoms with Crippen molar-refractivity contribution in [2.24, 2.45) is 5.92 Å². The van der Waals surface area contributed by atoms with Crippen LogP contribution in [0.4, 0.5) is 11.6 Å². The molecular formula is C21H25N5OS. The van der Waals surface area contributed by atoms with E-state index in [2.05, 4.69) is 44.2 Å². The van der Waals surface area contributed by atoms with E-state index in [1.165, 1.54) is 28.7 Å². The molecule has 0 saturated carbocycles. The number of hydrogen-bond donors (Lipinski definition) is 1. The fourth-order valence-corrected chi connectivity index (χ4v) is 5.45. The quantitative estimate of drug-likeness (QED) is 0.727. The number of aromatic nitrogens is 3. The Morgan fingerprint density at radius 3 is 2.93 bits per heavy atom. The van der Waals surface area contributed by atoms with Gasteiger partial charge in [-0.2, -0.15) is 0 Å². The van der Waals surface area contributed by atoms with Gasteiger partial charge in [-0.1, -0.05) is 13.0 Å². The number of pyridine rings is 1. The van der Waals surface area contributed by atoms with Crippen LogP contribution < -0.4 is 10.2 Å². The second-order valence-electron chi connectivity index (χ2n) is 7.73. The van der Waals surface area contributed by atoms with Crippen LogP contribution >= 0.6 is 11.3 Å². The number of hydrogen-bond acceptors (Lipinski definition) is 7. The molecule has 0 amide bonds. The Morgan fingerprint density at radius 2 is 2.11 bits per heavy atom. The molecule has 2 aliphatic rings. The summed E-state index contributed by atoms with van der Waals surface area (Å²) in [5.74, 6) is 2.74. The summed E-state index contributed by atoms with van der Waals surface area (Å²) in [6, 6.07) is 4.25. The van der Waals surface area contributed by atoms with Gasteiger partial charge in [-0.15, -0.1) is 11.3 Å². The monoisotopic (exact) mass is 395 g/mol. The minimum absolute atomic E-state index is 0.712. The summed E-state index contributed by atoms with van der Waals surface area (Å²) in [5, 5.41) is 4.76. The maximum atomic E-state index is 5.42. The molecule has 4 heterocycles. The summed E-state index contributed by atoms with van der Waals surface area (Å²) in [7, 11) is 0. The summed E-state index contributed by atoms with van der Waals surface area (Å²) < 4.78 is 5.42. The number of morpholine rings is 1. The number of fused-ring (bicyclic) bond motifs is 3. The summed E-state index contributed by atoms with van der Waals surface area (Å²) in [5.41, 5.74) is 2.61. The van der Waals surface area contributed by atoms with Crippen molar-refractivity contribution in [2.45, 2.75) is 32.7 Å². The van der Waals surface area contributed by atoms with E-state index >= 15 is 0 Å². The lowest BCUT2D eigenvalue weighted by Gasteiger charge is -2.27. The molecule has 3 aromatic rings.